The lowest BCUT2D eigenvalue weighted by Gasteiger charge is -2.40. The molecule has 1 saturated carbocycles. The van der Waals surface area contributed by atoms with Gasteiger partial charge in [0.05, 0.1) is 6.42 Å². The maximum absolute atomic E-state index is 14.7. The highest BCUT2D eigenvalue weighted by molar-refractivity contribution is 6.01. The van der Waals surface area contributed by atoms with Crippen LogP contribution in [0.1, 0.15) is 36.8 Å². The average Bonchev–Trinajstić information content (AvgIpc) is 3.35. The number of anilines is 2. The molecule has 1 fully saturated rings. The minimum atomic E-state index is -1.03. The third-order valence-electron chi connectivity index (χ3n) is 6.80. The summed E-state index contributed by atoms with van der Waals surface area (Å²) in [6, 6.07) is 23.5. The number of nitrogens with zero attached hydrogens (tertiary/aromatic N) is 2. The van der Waals surface area contributed by atoms with Gasteiger partial charge in [-0.25, -0.2) is 4.39 Å². The Morgan fingerprint density at radius 2 is 1.51 bits per heavy atom. The summed E-state index contributed by atoms with van der Waals surface area (Å²) < 4.78 is 14.7. The minimum absolute atomic E-state index is 0.0470. The smallest absolute Gasteiger partial charge is 0.250 e. The fourth-order valence-corrected chi connectivity index (χ4v) is 4.81. The van der Waals surface area contributed by atoms with Crippen molar-refractivity contribution >= 4 is 23.2 Å². The first-order valence-electron chi connectivity index (χ1n) is 12.1. The topological polar surface area (TPSA) is 52.7 Å². The van der Waals surface area contributed by atoms with Gasteiger partial charge in [0.1, 0.15) is 11.4 Å². The van der Waals surface area contributed by atoms with Crippen LogP contribution < -0.4 is 10.2 Å². The van der Waals surface area contributed by atoms with Crippen LogP contribution in [0.25, 0.3) is 0 Å². The number of benzene rings is 3. The molecule has 6 heteroatoms. The molecule has 0 bridgehead atoms. The van der Waals surface area contributed by atoms with Crippen molar-refractivity contribution in [3.05, 3.63) is 95.8 Å². The number of hydrogen-bond acceptors (Lipinski definition) is 3. The molecule has 0 unspecified atom stereocenters. The molecule has 0 spiro atoms. The van der Waals surface area contributed by atoms with Gasteiger partial charge in [0.15, 0.2) is 0 Å². The Kier molecular flexibility index (Phi) is 7.49. The zero-order chi connectivity index (χ0) is 24.8. The van der Waals surface area contributed by atoms with Crippen molar-refractivity contribution in [3.8, 4) is 0 Å². The summed E-state index contributed by atoms with van der Waals surface area (Å²) in [5.41, 5.74) is 1.94. The van der Waals surface area contributed by atoms with Gasteiger partial charge in [0.2, 0.25) is 11.8 Å². The second-order valence-electron chi connectivity index (χ2n) is 9.37. The lowest BCUT2D eigenvalue weighted by atomic mass is 9.91. The average molecular weight is 474 g/mol. The van der Waals surface area contributed by atoms with Crippen LogP contribution in [0.4, 0.5) is 15.8 Å². The Balaban J connectivity index is 1.66. The standard InChI is InChI=1S/C29H32FN3O2/c1-32(2)25-16-14-24(15-17-25)31-28(35)29(18-8-9-19-29)33(21-23-12-6-7-13-26(23)30)27(34)20-22-10-4-3-5-11-22/h3-7,10-17H,8-9,18-21H2,1-2H3,(H,31,35). The molecule has 0 aromatic heterocycles. The molecule has 4 rings (SSSR count). The molecule has 1 aliphatic carbocycles. The summed E-state index contributed by atoms with van der Waals surface area (Å²) in [6.45, 7) is 0.0470. The van der Waals surface area contributed by atoms with Crippen LogP contribution in [0, 0.1) is 5.82 Å². The summed E-state index contributed by atoms with van der Waals surface area (Å²) in [5.74, 6) is -0.775. The van der Waals surface area contributed by atoms with Crippen LogP contribution in [-0.2, 0) is 22.6 Å². The van der Waals surface area contributed by atoms with Crippen LogP contribution in [0.5, 0.6) is 0 Å². The Morgan fingerprint density at radius 3 is 2.14 bits per heavy atom. The van der Waals surface area contributed by atoms with Crippen molar-refractivity contribution < 1.29 is 14.0 Å². The molecule has 0 aliphatic heterocycles. The molecule has 3 aromatic rings. The van der Waals surface area contributed by atoms with E-state index in [1.165, 1.54) is 6.07 Å². The second kappa shape index (κ2) is 10.7. The van der Waals surface area contributed by atoms with Crippen molar-refractivity contribution in [2.75, 3.05) is 24.3 Å². The largest absolute Gasteiger partial charge is 0.378 e. The molecule has 1 N–H and O–H groups in total. The van der Waals surface area contributed by atoms with Crippen LogP contribution in [0.15, 0.2) is 78.9 Å². The molecule has 1 aliphatic rings. The van der Waals surface area contributed by atoms with Crippen molar-refractivity contribution in [1.82, 2.24) is 4.90 Å². The first-order valence-corrected chi connectivity index (χ1v) is 12.1. The molecule has 35 heavy (non-hydrogen) atoms. The first kappa shape index (κ1) is 24.5. The van der Waals surface area contributed by atoms with Crippen LogP contribution in [-0.4, -0.2) is 36.3 Å². The van der Waals surface area contributed by atoms with Gasteiger partial charge >= 0.3 is 0 Å². The Morgan fingerprint density at radius 1 is 0.886 bits per heavy atom. The highest BCUT2D eigenvalue weighted by atomic mass is 19.1. The maximum Gasteiger partial charge on any atom is 0.250 e. The lowest BCUT2D eigenvalue weighted by Crippen LogP contribution is -2.57. The Bertz CT molecular complexity index is 1160. The van der Waals surface area contributed by atoms with E-state index in [-0.39, 0.29) is 30.6 Å². The minimum Gasteiger partial charge on any atom is -0.378 e. The van der Waals surface area contributed by atoms with E-state index in [1.807, 2.05) is 73.6 Å². The van der Waals surface area contributed by atoms with Gasteiger partial charge in [-0.15, -0.1) is 0 Å². The van der Waals surface area contributed by atoms with Crippen LogP contribution in [0.2, 0.25) is 0 Å². The van der Waals surface area contributed by atoms with E-state index in [9.17, 15) is 14.0 Å². The van der Waals surface area contributed by atoms with E-state index >= 15 is 0 Å². The van der Waals surface area contributed by atoms with Crippen molar-refractivity contribution in [2.45, 2.75) is 44.2 Å². The van der Waals surface area contributed by atoms with E-state index in [1.54, 1.807) is 23.1 Å². The monoisotopic (exact) mass is 473 g/mol. The van der Waals surface area contributed by atoms with Gasteiger partial charge in [-0.05, 0) is 48.7 Å². The van der Waals surface area contributed by atoms with E-state index < -0.39 is 5.54 Å². The SMILES string of the molecule is CN(C)c1ccc(NC(=O)C2(N(Cc3ccccc3F)C(=O)Cc3ccccc3)CCCC2)cc1. The highest BCUT2D eigenvalue weighted by Crippen LogP contribution is 2.38. The number of rotatable bonds is 8. The molecule has 0 heterocycles. The quantitative estimate of drug-likeness (QED) is 0.476. The van der Waals surface area contributed by atoms with Crippen LogP contribution in [0.3, 0.4) is 0 Å². The van der Waals surface area contributed by atoms with E-state index in [0.29, 0.717) is 24.1 Å². The van der Waals surface area contributed by atoms with Crippen LogP contribution >= 0.6 is 0 Å². The van der Waals surface area contributed by atoms with Crippen molar-refractivity contribution in [2.24, 2.45) is 0 Å². The number of carbonyl (C=O) groups is 2. The number of halogens is 1. The summed E-state index contributed by atoms with van der Waals surface area (Å²) in [5, 5.41) is 3.05. The molecule has 0 saturated heterocycles. The normalized spacial score (nSPS) is 14.4. The first-order chi connectivity index (χ1) is 16.9. The fraction of sp³-hybridized carbons (Fsp3) is 0.310. The van der Waals surface area contributed by atoms with Gasteiger partial charge in [0, 0.05) is 37.6 Å². The summed E-state index contributed by atoms with van der Waals surface area (Å²) in [7, 11) is 3.92. The third kappa shape index (κ3) is 5.53. The molecular weight excluding hydrogens is 441 g/mol. The molecule has 0 atom stereocenters. The number of nitrogens with one attached hydrogen (secondary N) is 1. The van der Waals surface area contributed by atoms with E-state index in [2.05, 4.69) is 5.32 Å². The van der Waals surface area contributed by atoms with Gasteiger partial charge in [-0.1, -0.05) is 61.4 Å². The maximum atomic E-state index is 14.7. The van der Waals surface area contributed by atoms with E-state index in [0.717, 1.165) is 24.1 Å². The predicted molar refractivity (Wildman–Crippen MR) is 138 cm³/mol. The summed E-state index contributed by atoms with van der Waals surface area (Å²) in [6.07, 6.45) is 2.91. The summed E-state index contributed by atoms with van der Waals surface area (Å²) >= 11 is 0. The van der Waals surface area contributed by atoms with Gasteiger partial charge < -0.3 is 15.1 Å². The zero-order valence-electron chi connectivity index (χ0n) is 20.3. The molecule has 3 aromatic carbocycles. The highest BCUT2D eigenvalue weighted by Gasteiger charge is 2.48. The number of amides is 2. The van der Waals surface area contributed by atoms with Gasteiger partial charge in [-0.3, -0.25) is 9.59 Å². The molecule has 0 radical (unpaired) electrons. The lowest BCUT2D eigenvalue weighted by molar-refractivity contribution is -0.145. The fourth-order valence-electron chi connectivity index (χ4n) is 4.81. The number of carbonyl (C=O) groups excluding carboxylic acids is 2. The molecule has 2 amide bonds. The molecule has 182 valence electrons. The number of hydrogen-bond donors (Lipinski definition) is 1. The molecular formula is C29H32FN3O2. The Labute approximate surface area is 206 Å². The van der Waals surface area contributed by atoms with Crippen molar-refractivity contribution in [1.29, 1.82) is 0 Å². The van der Waals surface area contributed by atoms with E-state index in [4.69, 9.17) is 0 Å². The van der Waals surface area contributed by atoms with Crippen molar-refractivity contribution in [3.63, 3.8) is 0 Å². The van der Waals surface area contributed by atoms with Gasteiger partial charge in [0.25, 0.3) is 0 Å². The third-order valence-corrected chi connectivity index (χ3v) is 6.80. The second-order valence-corrected chi connectivity index (χ2v) is 9.37. The summed E-state index contributed by atoms with van der Waals surface area (Å²) in [4.78, 5) is 31.1. The Hall–Kier alpha value is -3.67. The zero-order valence-corrected chi connectivity index (χ0v) is 20.3. The van der Waals surface area contributed by atoms with Gasteiger partial charge in [-0.2, -0.15) is 0 Å². The molecule has 5 nitrogen and oxygen atoms in total. The predicted octanol–water partition coefficient (Wildman–Crippen LogP) is 5.41.